The smallest absolute Gasteiger partial charge is 0.269 e. The average Bonchev–Trinajstić information content (AvgIpc) is 2.42. The third kappa shape index (κ3) is 3.58. The highest BCUT2D eigenvalue weighted by Gasteiger charge is 2.07. The van der Waals surface area contributed by atoms with Crippen LogP contribution in [0.15, 0.2) is 42.6 Å². The molecule has 1 heterocycles. The second-order valence-electron chi connectivity index (χ2n) is 3.96. The van der Waals surface area contributed by atoms with Crippen molar-refractivity contribution in [2.24, 2.45) is 0 Å². The van der Waals surface area contributed by atoms with E-state index < -0.39 is 11.6 Å². The van der Waals surface area contributed by atoms with Crippen LogP contribution in [0.25, 0.3) is 0 Å². The Morgan fingerprint density at radius 2 is 2.05 bits per heavy atom. The molecular weight excluding hydrogens is 250 g/mol. The van der Waals surface area contributed by atoms with Crippen molar-refractivity contribution in [3.63, 3.8) is 0 Å². The zero-order chi connectivity index (χ0) is 13.7. The molecule has 2 rings (SSSR count). The van der Waals surface area contributed by atoms with Crippen molar-refractivity contribution in [1.82, 2.24) is 10.3 Å². The SMILES string of the molecule is O=C(NCCc1ccc(F)cc1F)c1ccccn1. The number of rotatable bonds is 4. The predicted molar refractivity (Wildman–Crippen MR) is 66.6 cm³/mol. The highest BCUT2D eigenvalue weighted by molar-refractivity contribution is 5.92. The molecule has 0 radical (unpaired) electrons. The number of carbonyl (C=O) groups is 1. The second kappa shape index (κ2) is 6.04. The van der Waals surface area contributed by atoms with Crippen LogP contribution in [0.3, 0.4) is 0 Å². The number of hydrogen-bond acceptors (Lipinski definition) is 2. The fraction of sp³-hybridized carbons (Fsp3) is 0.143. The standard InChI is InChI=1S/C14H12F2N2O/c15-11-5-4-10(12(16)9-11)6-8-18-14(19)13-3-1-2-7-17-13/h1-5,7,9H,6,8H2,(H,18,19). The maximum Gasteiger partial charge on any atom is 0.269 e. The predicted octanol–water partition coefficient (Wildman–Crippen LogP) is 2.33. The van der Waals surface area contributed by atoms with Gasteiger partial charge in [0.15, 0.2) is 0 Å². The molecule has 5 heteroatoms. The summed E-state index contributed by atoms with van der Waals surface area (Å²) in [5.41, 5.74) is 0.671. The van der Waals surface area contributed by atoms with Gasteiger partial charge in [-0.3, -0.25) is 9.78 Å². The van der Waals surface area contributed by atoms with E-state index in [0.29, 0.717) is 17.7 Å². The molecule has 0 fully saturated rings. The van der Waals surface area contributed by atoms with Gasteiger partial charge in [0.25, 0.3) is 5.91 Å². The van der Waals surface area contributed by atoms with Gasteiger partial charge in [-0.15, -0.1) is 0 Å². The summed E-state index contributed by atoms with van der Waals surface area (Å²) in [6.07, 6.45) is 1.82. The third-order valence-electron chi connectivity index (χ3n) is 2.59. The van der Waals surface area contributed by atoms with Crippen LogP contribution in [-0.2, 0) is 6.42 Å². The number of amides is 1. The Morgan fingerprint density at radius 3 is 2.74 bits per heavy atom. The molecule has 0 aliphatic heterocycles. The van der Waals surface area contributed by atoms with Gasteiger partial charge < -0.3 is 5.32 Å². The van der Waals surface area contributed by atoms with E-state index in [9.17, 15) is 13.6 Å². The topological polar surface area (TPSA) is 42.0 Å². The first-order valence-electron chi connectivity index (χ1n) is 5.80. The van der Waals surface area contributed by atoms with Crippen LogP contribution in [0.1, 0.15) is 16.1 Å². The van der Waals surface area contributed by atoms with Crippen molar-refractivity contribution in [2.75, 3.05) is 6.54 Å². The van der Waals surface area contributed by atoms with Gasteiger partial charge in [0, 0.05) is 18.8 Å². The third-order valence-corrected chi connectivity index (χ3v) is 2.59. The quantitative estimate of drug-likeness (QED) is 0.918. The molecule has 2 aromatic rings. The van der Waals surface area contributed by atoms with Crippen LogP contribution < -0.4 is 5.32 Å². The number of nitrogens with zero attached hydrogens (tertiary/aromatic N) is 1. The van der Waals surface area contributed by atoms with E-state index in [1.807, 2.05) is 0 Å². The lowest BCUT2D eigenvalue weighted by Crippen LogP contribution is -2.26. The lowest BCUT2D eigenvalue weighted by Gasteiger charge is -2.05. The first-order valence-corrected chi connectivity index (χ1v) is 5.80. The number of benzene rings is 1. The molecule has 0 bridgehead atoms. The molecule has 0 saturated heterocycles. The molecule has 0 unspecified atom stereocenters. The lowest BCUT2D eigenvalue weighted by atomic mass is 10.1. The average molecular weight is 262 g/mol. The Kier molecular flexibility index (Phi) is 4.18. The summed E-state index contributed by atoms with van der Waals surface area (Å²) in [6.45, 7) is 0.262. The van der Waals surface area contributed by atoms with Crippen molar-refractivity contribution >= 4 is 5.91 Å². The summed E-state index contributed by atoms with van der Waals surface area (Å²) in [5.74, 6) is -1.53. The van der Waals surface area contributed by atoms with Crippen LogP contribution in [0.4, 0.5) is 8.78 Å². The Bertz CT molecular complexity index is 573. The molecule has 0 aliphatic rings. The maximum atomic E-state index is 13.3. The molecule has 98 valence electrons. The summed E-state index contributed by atoms with van der Waals surface area (Å²) >= 11 is 0. The number of carbonyl (C=O) groups excluding carboxylic acids is 1. The first kappa shape index (κ1) is 13.1. The molecule has 1 amide bonds. The molecule has 0 spiro atoms. The Morgan fingerprint density at radius 1 is 1.21 bits per heavy atom. The minimum Gasteiger partial charge on any atom is -0.350 e. The van der Waals surface area contributed by atoms with Crippen LogP contribution in [0.5, 0.6) is 0 Å². The van der Waals surface area contributed by atoms with Gasteiger partial charge in [0.2, 0.25) is 0 Å². The molecule has 3 nitrogen and oxygen atoms in total. The molecule has 1 aromatic heterocycles. The van der Waals surface area contributed by atoms with Crippen molar-refractivity contribution in [1.29, 1.82) is 0 Å². The second-order valence-corrected chi connectivity index (χ2v) is 3.96. The normalized spacial score (nSPS) is 10.2. The zero-order valence-electron chi connectivity index (χ0n) is 10.1. The number of halogens is 2. The minimum atomic E-state index is -0.612. The summed E-state index contributed by atoms with van der Waals surface area (Å²) in [5, 5.41) is 2.63. The van der Waals surface area contributed by atoms with Crippen LogP contribution >= 0.6 is 0 Å². The first-order chi connectivity index (χ1) is 9.16. The molecule has 0 atom stereocenters. The molecule has 0 saturated carbocycles. The van der Waals surface area contributed by atoms with Crippen LogP contribution in [-0.4, -0.2) is 17.4 Å². The van der Waals surface area contributed by atoms with E-state index in [4.69, 9.17) is 0 Å². The summed E-state index contributed by atoms with van der Waals surface area (Å²) in [4.78, 5) is 15.5. The maximum absolute atomic E-state index is 13.3. The van der Waals surface area contributed by atoms with E-state index in [1.165, 1.54) is 18.3 Å². The monoisotopic (exact) mass is 262 g/mol. The van der Waals surface area contributed by atoms with Crippen molar-refractivity contribution in [3.8, 4) is 0 Å². The van der Waals surface area contributed by atoms with Gasteiger partial charge in [-0.1, -0.05) is 12.1 Å². The van der Waals surface area contributed by atoms with Gasteiger partial charge in [-0.2, -0.15) is 0 Å². The molecule has 1 aromatic carbocycles. The summed E-state index contributed by atoms with van der Waals surface area (Å²) < 4.78 is 26.0. The highest BCUT2D eigenvalue weighted by atomic mass is 19.1. The van der Waals surface area contributed by atoms with Gasteiger partial charge in [-0.05, 0) is 30.2 Å². The van der Waals surface area contributed by atoms with Gasteiger partial charge in [-0.25, -0.2) is 8.78 Å². The molecular formula is C14H12F2N2O. The van der Waals surface area contributed by atoms with Crippen molar-refractivity contribution in [2.45, 2.75) is 6.42 Å². The number of nitrogens with one attached hydrogen (secondary N) is 1. The lowest BCUT2D eigenvalue weighted by molar-refractivity contribution is 0.0949. The van der Waals surface area contributed by atoms with Gasteiger partial charge in [0.05, 0.1) is 0 Å². The van der Waals surface area contributed by atoms with Crippen LogP contribution in [0.2, 0.25) is 0 Å². The van der Waals surface area contributed by atoms with E-state index >= 15 is 0 Å². The molecule has 1 N–H and O–H groups in total. The minimum absolute atomic E-state index is 0.262. The van der Waals surface area contributed by atoms with Gasteiger partial charge in [0.1, 0.15) is 17.3 Å². The van der Waals surface area contributed by atoms with Crippen molar-refractivity contribution < 1.29 is 13.6 Å². The van der Waals surface area contributed by atoms with Gasteiger partial charge >= 0.3 is 0 Å². The van der Waals surface area contributed by atoms with E-state index in [-0.39, 0.29) is 12.5 Å². The Hall–Kier alpha value is -2.30. The molecule has 0 aliphatic carbocycles. The fourth-order valence-electron chi connectivity index (χ4n) is 1.62. The highest BCUT2D eigenvalue weighted by Crippen LogP contribution is 2.09. The summed E-state index contributed by atoms with van der Waals surface area (Å²) in [6, 6.07) is 8.41. The van der Waals surface area contributed by atoms with E-state index in [2.05, 4.69) is 10.3 Å². The summed E-state index contributed by atoms with van der Waals surface area (Å²) in [7, 11) is 0. The van der Waals surface area contributed by atoms with Crippen molar-refractivity contribution in [3.05, 3.63) is 65.5 Å². The number of pyridine rings is 1. The molecule has 19 heavy (non-hydrogen) atoms. The van der Waals surface area contributed by atoms with E-state index in [1.54, 1.807) is 18.2 Å². The Labute approximate surface area is 109 Å². The fourth-order valence-corrected chi connectivity index (χ4v) is 1.62. The Balaban J connectivity index is 1.88. The largest absolute Gasteiger partial charge is 0.350 e. The zero-order valence-corrected chi connectivity index (χ0v) is 10.1. The van der Waals surface area contributed by atoms with Crippen LogP contribution in [0, 0.1) is 11.6 Å². The van der Waals surface area contributed by atoms with E-state index in [0.717, 1.165) is 6.07 Å². The number of aromatic nitrogens is 1. The number of hydrogen-bond donors (Lipinski definition) is 1.